The molecule has 1 aromatic carbocycles. The van der Waals surface area contributed by atoms with Gasteiger partial charge in [-0.3, -0.25) is 0 Å². The molecule has 0 atom stereocenters. The lowest BCUT2D eigenvalue weighted by Gasteiger charge is -2.35. The summed E-state index contributed by atoms with van der Waals surface area (Å²) in [6.45, 7) is 0.315. The molecule has 0 aromatic heterocycles. The molecule has 1 aromatic rings. The second-order valence-electron chi connectivity index (χ2n) is 5.72. The Bertz CT molecular complexity index is 548. The van der Waals surface area contributed by atoms with Crippen LogP contribution in [-0.2, 0) is 10.0 Å². The molecule has 0 spiro atoms. The van der Waals surface area contributed by atoms with E-state index in [1.54, 1.807) is 12.1 Å². The molecule has 0 aliphatic heterocycles. The van der Waals surface area contributed by atoms with Crippen molar-refractivity contribution in [1.29, 1.82) is 0 Å². The van der Waals surface area contributed by atoms with E-state index in [-0.39, 0.29) is 23.5 Å². The lowest BCUT2D eigenvalue weighted by molar-refractivity contribution is 0.0867. The minimum Gasteiger partial charge on any atom is -0.497 e. The summed E-state index contributed by atoms with van der Waals surface area (Å²) in [7, 11) is -2.01. The summed E-state index contributed by atoms with van der Waals surface area (Å²) in [5.41, 5.74) is -0.308. The minimum atomic E-state index is -3.55. The third kappa shape index (κ3) is 3.96. The molecule has 1 aliphatic rings. The number of benzene rings is 1. The van der Waals surface area contributed by atoms with Crippen LogP contribution in [0.25, 0.3) is 0 Å². The predicted molar refractivity (Wildman–Crippen MR) is 80.8 cm³/mol. The Kier molecular flexibility index (Phi) is 5.24. The van der Waals surface area contributed by atoms with Crippen LogP contribution in [-0.4, -0.2) is 33.8 Å². The molecule has 118 valence electrons. The summed E-state index contributed by atoms with van der Waals surface area (Å²) in [6, 6.07) is 6.29. The smallest absolute Gasteiger partial charge is 0.240 e. The first-order chi connectivity index (χ1) is 10.0. The molecule has 0 bridgehead atoms. The molecule has 6 heteroatoms. The van der Waals surface area contributed by atoms with Crippen molar-refractivity contribution in [3.8, 4) is 5.75 Å². The third-order valence-corrected chi connectivity index (χ3v) is 5.67. The third-order valence-electron chi connectivity index (χ3n) is 4.26. The topological polar surface area (TPSA) is 75.6 Å². The zero-order chi connectivity index (χ0) is 15.3. The molecule has 0 radical (unpaired) electrons. The Hall–Kier alpha value is -1.11. The number of ether oxygens (including phenoxy) is 1. The maximum Gasteiger partial charge on any atom is 0.240 e. The van der Waals surface area contributed by atoms with Crippen LogP contribution in [0.5, 0.6) is 5.75 Å². The molecule has 0 unspecified atom stereocenters. The van der Waals surface area contributed by atoms with E-state index in [1.165, 1.54) is 19.2 Å². The average Bonchev–Trinajstić information content (AvgIpc) is 2.54. The summed E-state index contributed by atoms with van der Waals surface area (Å²) < 4.78 is 32.3. The highest BCUT2D eigenvalue weighted by Crippen LogP contribution is 2.35. The van der Waals surface area contributed by atoms with Gasteiger partial charge in [-0.25, -0.2) is 13.1 Å². The Morgan fingerprint density at radius 2 is 1.81 bits per heavy atom. The van der Waals surface area contributed by atoms with E-state index in [4.69, 9.17) is 4.74 Å². The van der Waals surface area contributed by atoms with E-state index in [9.17, 15) is 13.5 Å². The first kappa shape index (κ1) is 16.3. The Morgan fingerprint density at radius 1 is 1.19 bits per heavy atom. The fraction of sp³-hybridized carbons (Fsp3) is 0.600. The molecule has 2 N–H and O–H groups in total. The van der Waals surface area contributed by atoms with Crippen LogP contribution in [0.1, 0.15) is 32.1 Å². The van der Waals surface area contributed by atoms with Gasteiger partial charge in [0, 0.05) is 18.6 Å². The molecule has 1 saturated carbocycles. The van der Waals surface area contributed by atoms with Gasteiger partial charge in [0.15, 0.2) is 0 Å². The average molecular weight is 313 g/mol. The van der Waals surface area contributed by atoms with Crippen molar-refractivity contribution >= 4 is 10.0 Å². The Balaban J connectivity index is 2.06. The van der Waals surface area contributed by atoms with E-state index in [0.717, 1.165) is 32.1 Å². The van der Waals surface area contributed by atoms with Crippen LogP contribution < -0.4 is 9.46 Å². The largest absolute Gasteiger partial charge is 0.497 e. The first-order valence-electron chi connectivity index (χ1n) is 7.26. The van der Waals surface area contributed by atoms with Gasteiger partial charge in [-0.2, -0.15) is 0 Å². The zero-order valence-electron chi connectivity index (χ0n) is 12.3. The van der Waals surface area contributed by atoms with Gasteiger partial charge < -0.3 is 9.84 Å². The quantitative estimate of drug-likeness (QED) is 0.841. The van der Waals surface area contributed by atoms with Crippen LogP contribution in [0.4, 0.5) is 0 Å². The highest BCUT2D eigenvalue weighted by Gasteiger charge is 2.32. The molecule has 0 saturated heterocycles. The molecule has 1 aliphatic carbocycles. The first-order valence-corrected chi connectivity index (χ1v) is 8.74. The van der Waals surface area contributed by atoms with Gasteiger partial charge in [0.25, 0.3) is 0 Å². The lowest BCUT2D eigenvalue weighted by Crippen LogP contribution is -2.41. The van der Waals surface area contributed by atoms with Crippen molar-refractivity contribution in [3.63, 3.8) is 0 Å². The van der Waals surface area contributed by atoms with Gasteiger partial charge in [-0.15, -0.1) is 0 Å². The molecule has 2 rings (SSSR count). The summed E-state index contributed by atoms with van der Waals surface area (Å²) in [5.74, 6) is 0.619. The molecular weight excluding hydrogens is 290 g/mol. The summed E-state index contributed by atoms with van der Waals surface area (Å²) in [4.78, 5) is 0.215. The predicted octanol–water partition coefficient (Wildman–Crippen LogP) is 1.92. The molecule has 5 nitrogen and oxygen atoms in total. The molecular formula is C15H23NO4S. The SMILES string of the molecule is COc1ccc(S(=O)(=O)NCC2(CO)CCCCC2)cc1. The Labute approximate surface area is 126 Å². The highest BCUT2D eigenvalue weighted by molar-refractivity contribution is 7.89. The zero-order valence-corrected chi connectivity index (χ0v) is 13.2. The van der Waals surface area contributed by atoms with E-state index < -0.39 is 10.0 Å². The Morgan fingerprint density at radius 3 is 2.33 bits per heavy atom. The monoisotopic (exact) mass is 313 g/mol. The second-order valence-corrected chi connectivity index (χ2v) is 7.49. The number of hydrogen-bond acceptors (Lipinski definition) is 4. The van der Waals surface area contributed by atoms with Crippen molar-refractivity contribution in [2.75, 3.05) is 20.3 Å². The van der Waals surface area contributed by atoms with Gasteiger partial charge in [-0.05, 0) is 37.1 Å². The standard InChI is InChI=1S/C15H23NO4S/c1-20-13-5-7-14(8-6-13)21(18,19)16-11-15(12-17)9-3-2-4-10-15/h5-8,16-17H,2-4,9-12H2,1H3. The summed E-state index contributed by atoms with van der Waals surface area (Å²) in [6.07, 6.45) is 4.99. The second kappa shape index (κ2) is 6.77. The van der Waals surface area contributed by atoms with Crippen molar-refractivity contribution < 1.29 is 18.3 Å². The minimum absolute atomic E-state index is 0.0259. The van der Waals surface area contributed by atoms with E-state index >= 15 is 0 Å². The normalized spacial score (nSPS) is 18.4. The molecule has 21 heavy (non-hydrogen) atoms. The van der Waals surface area contributed by atoms with Gasteiger partial charge in [0.1, 0.15) is 5.75 Å². The summed E-state index contributed by atoms with van der Waals surface area (Å²) >= 11 is 0. The fourth-order valence-electron chi connectivity index (χ4n) is 2.78. The van der Waals surface area contributed by atoms with Gasteiger partial charge >= 0.3 is 0 Å². The number of rotatable bonds is 6. The van der Waals surface area contributed by atoms with E-state index in [1.807, 2.05) is 0 Å². The number of aliphatic hydroxyl groups is 1. The lowest BCUT2D eigenvalue weighted by atomic mass is 9.75. The van der Waals surface area contributed by atoms with Crippen LogP contribution in [0.15, 0.2) is 29.2 Å². The number of sulfonamides is 1. The van der Waals surface area contributed by atoms with Gasteiger partial charge in [-0.1, -0.05) is 19.3 Å². The van der Waals surface area contributed by atoms with Crippen molar-refractivity contribution in [3.05, 3.63) is 24.3 Å². The van der Waals surface area contributed by atoms with Crippen molar-refractivity contribution in [2.24, 2.45) is 5.41 Å². The molecule has 1 fully saturated rings. The van der Waals surface area contributed by atoms with Gasteiger partial charge in [0.2, 0.25) is 10.0 Å². The number of hydrogen-bond donors (Lipinski definition) is 2. The van der Waals surface area contributed by atoms with Crippen LogP contribution in [0.2, 0.25) is 0 Å². The van der Waals surface area contributed by atoms with Crippen LogP contribution in [0, 0.1) is 5.41 Å². The number of nitrogens with one attached hydrogen (secondary N) is 1. The summed E-state index contributed by atoms with van der Waals surface area (Å²) in [5, 5.41) is 9.63. The number of aliphatic hydroxyl groups excluding tert-OH is 1. The molecule has 0 amide bonds. The van der Waals surface area contributed by atoms with Crippen LogP contribution in [0.3, 0.4) is 0 Å². The van der Waals surface area contributed by atoms with E-state index in [2.05, 4.69) is 4.72 Å². The maximum atomic E-state index is 12.3. The number of methoxy groups -OCH3 is 1. The van der Waals surface area contributed by atoms with Crippen LogP contribution >= 0.6 is 0 Å². The molecule has 0 heterocycles. The van der Waals surface area contributed by atoms with Crippen molar-refractivity contribution in [2.45, 2.75) is 37.0 Å². The highest BCUT2D eigenvalue weighted by atomic mass is 32.2. The van der Waals surface area contributed by atoms with Gasteiger partial charge in [0.05, 0.1) is 12.0 Å². The van der Waals surface area contributed by atoms with E-state index in [0.29, 0.717) is 5.75 Å². The fourth-order valence-corrected chi connectivity index (χ4v) is 3.94. The maximum absolute atomic E-state index is 12.3. The van der Waals surface area contributed by atoms with Crippen molar-refractivity contribution in [1.82, 2.24) is 4.72 Å².